The van der Waals surface area contributed by atoms with Gasteiger partial charge in [-0.3, -0.25) is 9.59 Å². The van der Waals surface area contributed by atoms with Gasteiger partial charge in [0.2, 0.25) is 0 Å². The van der Waals surface area contributed by atoms with Gasteiger partial charge in [-0.05, 0) is 68.0 Å². The molecule has 5 rings (SSSR count). The van der Waals surface area contributed by atoms with E-state index in [4.69, 9.17) is 0 Å². The summed E-state index contributed by atoms with van der Waals surface area (Å²) in [7, 11) is 0. The van der Waals surface area contributed by atoms with Crippen molar-refractivity contribution in [1.29, 1.82) is 0 Å². The van der Waals surface area contributed by atoms with Crippen LogP contribution in [0.2, 0.25) is 0 Å². The van der Waals surface area contributed by atoms with Crippen molar-refractivity contribution >= 4 is 34.7 Å². The summed E-state index contributed by atoms with van der Waals surface area (Å²) in [5.74, 6) is -1.28. The second-order valence-corrected chi connectivity index (χ2v) is 13.0. The zero-order valence-electron chi connectivity index (χ0n) is 19.2. The van der Waals surface area contributed by atoms with E-state index in [0.29, 0.717) is 19.3 Å². The number of carbonyl (C=O) groups excluding carboxylic acids is 2. The predicted molar refractivity (Wildman–Crippen MR) is 128 cm³/mol. The number of aliphatic hydroxyl groups excluding tert-OH is 1. The maximum Gasteiger partial charge on any atom is 0.178 e. The second kappa shape index (κ2) is 7.61. The van der Waals surface area contributed by atoms with E-state index in [2.05, 4.69) is 0 Å². The number of fused-ring (bicyclic) bond motifs is 5. The Bertz CT molecular complexity index is 1050. The van der Waals surface area contributed by atoms with Crippen LogP contribution in [0.3, 0.4) is 0 Å². The summed E-state index contributed by atoms with van der Waals surface area (Å²) < 4.78 is 18.2. The maximum atomic E-state index is 17.2. The first-order valence-electron chi connectivity index (χ1n) is 11.7. The van der Waals surface area contributed by atoms with Gasteiger partial charge >= 0.3 is 0 Å². The number of Topliss-reactive ketones (excluding diaryl/α,β-unsaturated/α-hetero) is 1. The quantitative estimate of drug-likeness (QED) is 0.596. The van der Waals surface area contributed by atoms with Gasteiger partial charge < -0.3 is 10.2 Å². The molecule has 33 heavy (non-hydrogen) atoms. The van der Waals surface area contributed by atoms with Crippen LogP contribution in [0.5, 0.6) is 0 Å². The topological polar surface area (TPSA) is 74.6 Å². The zero-order chi connectivity index (χ0) is 23.8. The second-order valence-electron chi connectivity index (χ2n) is 10.8. The Labute approximate surface area is 202 Å². The van der Waals surface area contributed by atoms with Crippen LogP contribution < -0.4 is 0 Å². The van der Waals surface area contributed by atoms with E-state index in [1.54, 1.807) is 24.3 Å². The fourth-order valence-electron chi connectivity index (χ4n) is 7.73. The molecule has 0 spiro atoms. The maximum absolute atomic E-state index is 17.2. The number of halogens is 1. The lowest BCUT2D eigenvalue weighted by Crippen LogP contribution is -2.69. The van der Waals surface area contributed by atoms with Crippen LogP contribution in [0.25, 0.3) is 0 Å². The summed E-state index contributed by atoms with van der Waals surface area (Å²) in [6.07, 6.45) is 4.87. The molecule has 1 aromatic heterocycles. The van der Waals surface area contributed by atoms with Crippen molar-refractivity contribution in [1.82, 2.24) is 0 Å². The molecule has 0 radical (unpaired) electrons. The number of carbonyl (C=O) groups is 2. The van der Waals surface area contributed by atoms with Crippen LogP contribution in [0.1, 0.15) is 46.5 Å². The van der Waals surface area contributed by atoms with Crippen molar-refractivity contribution < 1.29 is 24.2 Å². The van der Waals surface area contributed by atoms with E-state index in [1.807, 2.05) is 31.4 Å². The smallest absolute Gasteiger partial charge is 0.178 e. The minimum Gasteiger partial charge on any atom is -0.390 e. The highest BCUT2D eigenvalue weighted by Gasteiger charge is 2.75. The molecule has 4 aliphatic rings. The molecule has 0 amide bonds. The Kier molecular flexibility index (Phi) is 5.41. The van der Waals surface area contributed by atoms with Gasteiger partial charge in [0.25, 0.3) is 0 Å². The first-order valence-corrected chi connectivity index (χ1v) is 13.6. The van der Waals surface area contributed by atoms with Crippen molar-refractivity contribution in [3.05, 3.63) is 41.3 Å². The third kappa shape index (κ3) is 2.95. The number of allylic oxidation sites excluding steroid dienone is 4. The SMILES string of the molecule is CC1C[C@H]2[C@@H]3CCC4=CC(=O)C=C[C@]4(C)[C@@]3(F)C(O)C[C@]2(C)[C@@]1(O)C(=O)CSc1cccs1. The van der Waals surface area contributed by atoms with Crippen molar-refractivity contribution in [3.63, 3.8) is 0 Å². The van der Waals surface area contributed by atoms with Gasteiger partial charge in [-0.1, -0.05) is 31.6 Å². The lowest BCUT2D eigenvalue weighted by atomic mass is 9.44. The molecule has 8 atom stereocenters. The molecule has 7 heteroatoms. The first kappa shape index (κ1) is 23.5. The molecule has 3 fully saturated rings. The van der Waals surface area contributed by atoms with E-state index < -0.39 is 34.1 Å². The van der Waals surface area contributed by atoms with Crippen LogP contribution >= 0.6 is 23.1 Å². The van der Waals surface area contributed by atoms with Crippen molar-refractivity contribution in [2.24, 2.45) is 28.6 Å². The Morgan fingerprint density at radius 1 is 1.33 bits per heavy atom. The molecule has 0 saturated heterocycles. The van der Waals surface area contributed by atoms with E-state index in [1.165, 1.54) is 23.9 Å². The lowest BCUT2D eigenvalue weighted by molar-refractivity contribution is -0.218. The fourth-order valence-corrected chi connectivity index (χ4v) is 9.47. The van der Waals surface area contributed by atoms with Crippen molar-refractivity contribution in [3.8, 4) is 0 Å². The third-order valence-corrected chi connectivity index (χ3v) is 11.6. The fraction of sp³-hybridized carbons (Fsp3) is 0.615. The van der Waals surface area contributed by atoms with Gasteiger partial charge in [-0.25, -0.2) is 4.39 Å². The summed E-state index contributed by atoms with van der Waals surface area (Å²) in [5.41, 5.74) is -4.79. The molecule has 3 saturated carbocycles. The van der Waals surface area contributed by atoms with Gasteiger partial charge in [0.05, 0.1) is 16.1 Å². The molecule has 178 valence electrons. The van der Waals surface area contributed by atoms with E-state index in [-0.39, 0.29) is 35.6 Å². The van der Waals surface area contributed by atoms with E-state index >= 15 is 4.39 Å². The van der Waals surface area contributed by atoms with Gasteiger partial charge in [-0.2, -0.15) is 0 Å². The normalized spacial score (nSPS) is 46.4. The highest BCUT2D eigenvalue weighted by Crippen LogP contribution is 2.70. The molecule has 0 bridgehead atoms. The van der Waals surface area contributed by atoms with Gasteiger partial charge in [0.1, 0.15) is 5.60 Å². The van der Waals surface area contributed by atoms with Crippen molar-refractivity contribution in [2.45, 2.75) is 68.0 Å². The first-order chi connectivity index (χ1) is 15.5. The minimum absolute atomic E-state index is 0.0194. The minimum atomic E-state index is -1.95. The van der Waals surface area contributed by atoms with Crippen LogP contribution in [-0.4, -0.2) is 44.9 Å². The number of hydrogen-bond acceptors (Lipinski definition) is 6. The summed E-state index contributed by atoms with van der Waals surface area (Å²) in [4.78, 5) is 25.5. The average molecular weight is 491 g/mol. The average Bonchev–Trinajstić information content (AvgIpc) is 3.35. The monoisotopic (exact) mass is 490 g/mol. The summed E-state index contributed by atoms with van der Waals surface area (Å²) >= 11 is 2.98. The number of rotatable bonds is 4. The van der Waals surface area contributed by atoms with E-state index in [0.717, 1.165) is 9.78 Å². The zero-order valence-corrected chi connectivity index (χ0v) is 20.8. The Balaban J connectivity index is 1.50. The Hall–Kier alpha value is -1.28. The number of alkyl halides is 1. The van der Waals surface area contributed by atoms with Gasteiger partial charge in [0.15, 0.2) is 17.2 Å². The summed E-state index contributed by atoms with van der Waals surface area (Å²) in [5, 5.41) is 25.3. The van der Waals surface area contributed by atoms with Crippen LogP contribution in [-0.2, 0) is 9.59 Å². The van der Waals surface area contributed by atoms with Crippen LogP contribution in [0, 0.1) is 28.6 Å². The number of hydrogen-bond donors (Lipinski definition) is 2. The van der Waals surface area contributed by atoms with E-state index in [9.17, 15) is 19.8 Å². The van der Waals surface area contributed by atoms with Crippen molar-refractivity contribution in [2.75, 3.05) is 5.75 Å². The molecular weight excluding hydrogens is 459 g/mol. The number of thiophene rings is 1. The largest absolute Gasteiger partial charge is 0.390 e. The molecule has 1 aromatic rings. The number of thioether (sulfide) groups is 1. The predicted octanol–water partition coefficient (Wildman–Crippen LogP) is 4.76. The molecule has 2 unspecified atom stereocenters. The van der Waals surface area contributed by atoms with Gasteiger partial charge in [-0.15, -0.1) is 23.1 Å². The lowest BCUT2D eigenvalue weighted by Gasteiger charge is -2.62. The van der Waals surface area contributed by atoms with Gasteiger partial charge in [0, 0.05) is 16.7 Å². The summed E-state index contributed by atoms with van der Waals surface area (Å²) in [6, 6.07) is 3.88. The Morgan fingerprint density at radius 2 is 2.09 bits per heavy atom. The van der Waals surface area contributed by atoms with Crippen LogP contribution in [0.4, 0.5) is 4.39 Å². The summed E-state index contributed by atoms with van der Waals surface area (Å²) in [6.45, 7) is 5.55. The molecule has 0 aromatic carbocycles. The molecular formula is C26H31FO4S2. The highest BCUT2D eigenvalue weighted by atomic mass is 32.2. The highest BCUT2D eigenvalue weighted by molar-refractivity contribution is 8.01. The molecule has 4 nitrogen and oxygen atoms in total. The number of ketones is 2. The third-order valence-electron chi connectivity index (χ3n) is 9.49. The Morgan fingerprint density at radius 3 is 2.79 bits per heavy atom. The molecule has 0 aliphatic heterocycles. The molecule has 4 aliphatic carbocycles. The van der Waals surface area contributed by atoms with Crippen LogP contribution in [0.15, 0.2) is 45.5 Å². The standard InChI is InChI=1S/C26H31FO4S2/c1-15-11-19-18-7-6-16-12-17(28)8-9-23(16,2)25(18,27)20(29)13-24(19,3)26(15,31)21(30)14-33-22-5-4-10-32-22/h4-5,8-10,12,15,18-20,29,31H,6-7,11,13-14H2,1-3H3/t15?,18-,19-,20?,23-,24-,25-,26-/m0/s1. The molecule has 2 N–H and O–H groups in total. The number of aliphatic hydroxyl groups is 2. The molecule has 1 heterocycles.